The Balaban J connectivity index is 1.30. The van der Waals surface area contributed by atoms with Gasteiger partial charge in [-0.2, -0.15) is 0 Å². The van der Waals surface area contributed by atoms with Crippen LogP contribution < -0.4 is 14.8 Å². The summed E-state index contributed by atoms with van der Waals surface area (Å²) in [4.78, 5) is 12.1. The van der Waals surface area contributed by atoms with Crippen LogP contribution in [0.15, 0.2) is 18.2 Å². The number of benzene rings is 1. The third-order valence-corrected chi connectivity index (χ3v) is 5.18. The molecule has 3 aliphatic rings. The maximum absolute atomic E-state index is 12.1. The molecular formula is C18H23NO4. The van der Waals surface area contributed by atoms with Crippen molar-refractivity contribution < 1.29 is 19.0 Å². The summed E-state index contributed by atoms with van der Waals surface area (Å²) in [5, 5.41) is 3.11. The Bertz CT molecular complexity index is 591. The van der Waals surface area contributed by atoms with Crippen LogP contribution in [0.5, 0.6) is 11.5 Å². The number of rotatable bonds is 6. The van der Waals surface area contributed by atoms with Crippen LogP contribution in [-0.2, 0) is 14.9 Å². The van der Waals surface area contributed by atoms with Crippen molar-refractivity contribution in [2.24, 2.45) is 0 Å². The van der Waals surface area contributed by atoms with Crippen molar-refractivity contribution in [2.75, 3.05) is 19.9 Å². The summed E-state index contributed by atoms with van der Waals surface area (Å²) in [6, 6.07) is 6.13. The van der Waals surface area contributed by atoms with E-state index in [1.165, 1.54) is 5.56 Å². The van der Waals surface area contributed by atoms with Crippen LogP contribution in [0.1, 0.15) is 44.1 Å². The van der Waals surface area contributed by atoms with E-state index in [1.54, 1.807) is 0 Å². The molecule has 0 spiro atoms. The molecule has 23 heavy (non-hydrogen) atoms. The molecule has 2 aliphatic heterocycles. The highest BCUT2D eigenvalue weighted by Gasteiger charge is 2.45. The van der Waals surface area contributed by atoms with Gasteiger partial charge in [0.25, 0.3) is 0 Å². The molecule has 1 aromatic carbocycles. The van der Waals surface area contributed by atoms with Crippen molar-refractivity contribution in [3.8, 4) is 11.5 Å². The summed E-state index contributed by atoms with van der Waals surface area (Å²) in [6.45, 7) is 1.85. The number of carbonyl (C=O) groups excluding carboxylic acids is 1. The zero-order chi connectivity index (χ0) is 15.7. The molecule has 5 nitrogen and oxygen atoms in total. The molecule has 1 saturated heterocycles. The van der Waals surface area contributed by atoms with E-state index in [4.69, 9.17) is 14.2 Å². The zero-order valence-corrected chi connectivity index (χ0v) is 13.3. The van der Waals surface area contributed by atoms with Crippen molar-refractivity contribution in [3.63, 3.8) is 0 Å². The molecule has 1 aliphatic carbocycles. The van der Waals surface area contributed by atoms with Gasteiger partial charge in [-0.15, -0.1) is 0 Å². The molecule has 1 N–H and O–H groups in total. The van der Waals surface area contributed by atoms with Crippen LogP contribution in [0.3, 0.4) is 0 Å². The van der Waals surface area contributed by atoms with Crippen LogP contribution in [0, 0.1) is 0 Å². The average molecular weight is 317 g/mol. The number of carbonyl (C=O) groups is 1. The minimum atomic E-state index is 0.0838. The second kappa shape index (κ2) is 6.04. The molecule has 0 aromatic heterocycles. The fourth-order valence-corrected chi connectivity index (χ4v) is 3.47. The lowest BCUT2D eigenvalue weighted by atomic mass is 9.95. The minimum Gasteiger partial charge on any atom is -0.454 e. The van der Waals surface area contributed by atoms with Gasteiger partial charge in [-0.1, -0.05) is 6.07 Å². The van der Waals surface area contributed by atoms with E-state index in [0.29, 0.717) is 19.8 Å². The van der Waals surface area contributed by atoms with Gasteiger partial charge in [0.15, 0.2) is 11.5 Å². The molecule has 124 valence electrons. The Kier molecular flexibility index (Phi) is 3.89. The van der Waals surface area contributed by atoms with E-state index in [1.807, 2.05) is 6.07 Å². The van der Waals surface area contributed by atoms with E-state index in [2.05, 4.69) is 17.4 Å². The van der Waals surface area contributed by atoms with Crippen LogP contribution >= 0.6 is 0 Å². The molecule has 2 fully saturated rings. The predicted molar refractivity (Wildman–Crippen MR) is 84.7 cm³/mol. The average Bonchev–Trinajstić information content (AvgIpc) is 3.00. The van der Waals surface area contributed by atoms with Crippen molar-refractivity contribution in [2.45, 2.75) is 50.0 Å². The van der Waals surface area contributed by atoms with E-state index in [9.17, 15) is 4.79 Å². The van der Waals surface area contributed by atoms with Gasteiger partial charge >= 0.3 is 0 Å². The summed E-state index contributed by atoms with van der Waals surface area (Å²) in [5.41, 5.74) is 1.32. The number of hydrogen-bond acceptors (Lipinski definition) is 4. The zero-order valence-electron chi connectivity index (χ0n) is 13.3. The Morgan fingerprint density at radius 1 is 1.26 bits per heavy atom. The lowest BCUT2D eigenvalue weighted by Crippen LogP contribution is -2.32. The molecular weight excluding hydrogens is 294 g/mol. The second-order valence-corrected chi connectivity index (χ2v) is 6.80. The maximum Gasteiger partial charge on any atom is 0.231 e. The smallest absolute Gasteiger partial charge is 0.231 e. The van der Waals surface area contributed by atoms with E-state index < -0.39 is 0 Å². The summed E-state index contributed by atoms with van der Waals surface area (Å²) in [6.07, 6.45) is 6.11. The summed E-state index contributed by atoms with van der Waals surface area (Å²) < 4.78 is 16.4. The number of amides is 1. The first-order chi connectivity index (χ1) is 11.3. The van der Waals surface area contributed by atoms with Gasteiger partial charge in [0.1, 0.15) is 0 Å². The fraction of sp³-hybridized carbons (Fsp3) is 0.611. The SMILES string of the molecule is O=C(CC[C@@H]1CCCO1)NCC1(c2ccc3c(c2)OCO3)CC1. The lowest BCUT2D eigenvalue weighted by molar-refractivity contribution is -0.121. The fourth-order valence-electron chi connectivity index (χ4n) is 3.47. The Morgan fingerprint density at radius 3 is 2.91 bits per heavy atom. The van der Waals surface area contributed by atoms with E-state index >= 15 is 0 Å². The number of fused-ring (bicyclic) bond motifs is 1. The molecule has 5 heteroatoms. The summed E-state index contributed by atoms with van der Waals surface area (Å²) >= 11 is 0. The number of nitrogens with one attached hydrogen (secondary N) is 1. The van der Waals surface area contributed by atoms with Crippen LogP contribution in [0.2, 0.25) is 0 Å². The summed E-state index contributed by atoms with van der Waals surface area (Å²) in [7, 11) is 0. The Labute approximate surface area is 136 Å². The number of hydrogen-bond donors (Lipinski definition) is 1. The first-order valence-corrected chi connectivity index (χ1v) is 8.54. The second-order valence-electron chi connectivity index (χ2n) is 6.80. The Morgan fingerprint density at radius 2 is 2.13 bits per heavy atom. The van der Waals surface area contributed by atoms with Crippen molar-refractivity contribution in [1.82, 2.24) is 5.32 Å². The van der Waals surface area contributed by atoms with Crippen molar-refractivity contribution in [3.05, 3.63) is 23.8 Å². The lowest BCUT2D eigenvalue weighted by Gasteiger charge is -2.17. The van der Waals surface area contributed by atoms with Crippen LogP contribution in [-0.4, -0.2) is 32.0 Å². The minimum absolute atomic E-state index is 0.0838. The highest BCUT2D eigenvalue weighted by Crippen LogP contribution is 2.49. The third kappa shape index (κ3) is 3.15. The number of ether oxygens (including phenoxy) is 3. The maximum atomic E-state index is 12.1. The highest BCUT2D eigenvalue weighted by molar-refractivity contribution is 5.76. The van der Waals surface area contributed by atoms with Gasteiger partial charge in [0.05, 0.1) is 6.10 Å². The molecule has 4 rings (SSSR count). The van der Waals surface area contributed by atoms with Crippen LogP contribution in [0.4, 0.5) is 0 Å². The normalized spacial score (nSPS) is 23.7. The van der Waals surface area contributed by atoms with Crippen molar-refractivity contribution >= 4 is 5.91 Å². The molecule has 1 saturated carbocycles. The van der Waals surface area contributed by atoms with E-state index in [0.717, 1.165) is 50.2 Å². The molecule has 2 heterocycles. The monoisotopic (exact) mass is 317 g/mol. The first-order valence-electron chi connectivity index (χ1n) is 8.54. The third-order valence-electron chi connectivity index (χ3n) is 5.18. The molecule has 1 amide bonds. The van der Waals surface area contributed by atoms with Gasteiger partial charge < -0.3 is 19.5 Å². The van der Waals surface area contributed by atoms with Crippen LogP contribution in [0.25, 0.3) is 0 Å². The predicted octanol–water partition coefficient (Wildman–Crippen LogP) is 2.52. The first kappa shape index (κ1) is 14.8. The quantitative estimate of drug-likeness (QED) is 0.876. The molecule has 1 aromatic rings. The molecule has 1 atom stereocenters. The largest absolute Gasteiger partial charge is 0.454 e. The Hall–Kier alpha value is -1.75. The standard InChI is InChI=1S/C18H23NO4/c20-17(6-4-14-2-1-9-21-14)19-11-18(7-8-18)13-3-5-15-16(10-13)23-12-22-15/h3,5,10,14H,1-2,4,6-9,11-12H2,(H,19,20)/t14-/m0/s1. The highest BCUT2D eigenvalue weighted by atomic mass is 16.7. The van der Waals surface area contributed by atoms with Gasteiger partial charge in [0, 0.05) is 25.0 Å². The molecule has 0 bridgehead atoms. The van der Waals surface area contributed by atoms with Crippen molar-refractivity contribution in [1.29, 1.82) is 0 Å². The molecule has 0 unspecified atom stereocenters. The van der Waals surface area contributed by atoms with Gasteiger partial charge in [-0.25, -0.2) is 0 Å². The van der Waals surface area contributed by atoms with Gasteiger partial charge in [-0.3, -0.25) is 4.79 Å². The van der Waals surface area contributed by atoms with Gasteiger partial charge in [0.2, 0.25) is 12.7 Å². The van der Waals surface area contributed by atoms with E-state index in [-0.39, 0.29) is 17.4 Å². The topological polar surface area (TPSA) is 56.8 Å². The molecule has 0 radical (unpaired) electrons. The summed E-state index contributed by atoms with van der Waals surface area (Å²) in [5.74, 6) is 1.76. The van der Waals surface area contributed by atoms with Gasteiger partial charge in [-0.05, 0) is 49.8 Å².